The number of para-hydroxylation sites is 1. The van der Waals surface area contributed by atoms with E-state index >= 15 is 0 Å². The van der Waals surface area contributed by atoms with Crippen molar-refractivity contribution in [2.45, 2.75) is 26.7 Å². The minimum absolute atomic E-state index is 0.117. The van der Waals surface area contributed by atoms with Crippen LogP contribution in [0.25, 0.3) is 0 Å². The van der Waals surface area contributed by atoms with Gasteiger partial charge in [-0.1, -0.05) is 24.6 Å². The van der Waals surface area contributed by atoms with Crippen molar-refractivity contribution in [3.05, 3.63) is 42.0 Å². The molecule has 0 heterocycles. The van der Waals surface area contributed by atoms with Crippen LogP contribution in [0.5, 0.6) is 5.75 Å². The van der Waals surface area contributed by atoms with Gasteiger partial charge < -0.3 is 4.74 Å². The zero-order valence-corrected chi connectivity index (χ0v) is 9.95. The van der Waals surface area contributed by atoms with Gasteiger partial charge in [-0.2, -0.15) is 0 Å². The number of ether oxygens (including phenoxy) is 1. The first-order chi connectivity index (χ1) is 7.65. The average Bonchev–Trinajstić information content (AvgIpc) is 2.28. The summed E-state index contributed by atoms with van der Waals surface area (Å²) in [5, 5.41) is 0. The van der Waals surface area contributed by atoms with E-state index in [0.29, 0.717) is 24.3 Å². The summed E-state index contributed by atoms with van der Waals surface area (Å²) >= 11 is 0. The highest BCUT2D eigenvalue weighted by Gasteiger charge is 2.09. The fourth-order valence-electron chi connectivity index (χ4n) is 1.35. The normalized spacial score (nSPS) is 9.88. The number of hydrogen-bond acceptors (Lipinski definition) is 2. The molecule has 16 heavy (non-hydrogen) atoms. The van der Waals surface area contributed by atoms with Crippen LogP contribution >= 0.6 is 0 Å². The number of carbonyl (C=O) groups excluding carboxylic acids is 1. The molecule has 0 unspecified atom stereocenters. The van der Waals surface area contributed by atoms with Gasteiger partial charge in [-0.05, 0) is 19.1 Å². The van der Waals surface area contributed by atoms with Crippen LogP contribution < -0.4 is 4.74 Å². The zero-order chi connectivity index (χ0) is 12.0. The lowest BCUT2D eigenvalue weighted by Crippen LogP contribution is -2.04. The van der Waals surface area contributed by atoms with E-state index in [-0.39, 0.29) is 5.78 Å². The van der Waals surface area contributed by atoms with Crippen LogP contribution in [0.2, 0.25) is 0 Å². The van der Waals surface area contributed by atoms with Gasteiger partial charge in [-0.15, -0.1) is 6.58 Å². The molecular weight excluding hydrogens is 200 g/mol. The first-order valence-corrected chi connectivity index (χ1v) is 5.54. The molecule has 0 spiro atoms. The van der Waals surface area contributed by atoms with Crippen LogP contribution in [0.15, 0.2) is 36.4 Å². The third-order valence-corrected chi connectivity index (χ3v) is 2.29. The van der Waals surface area contributed by atoms with Crippen molar-refractivity contribution in [1.29, 1.82) is 0 Å². The summed E-state index contributed by atoms with van der Waals surface area (Å²) in [5.74, 6) is 0.793. The number of benzene rings is 1. The average molecular weight is 218 g/mol. The van der Waals surface area contributed by atoms with Crippen molar-refractivity contribution in [3.8, 4) is 5.75 Å². The lowest BCUT2D eigenvalue weighted by molar-refractivity contribution is 0.0984. The Bertz CT molecular complexity index is 380. The Morgan fingerprint density at radius 1 is 1.38 bits per heavy atom. The third kappa shape index (κ3) is 3.54. The monoisotopic (exact) mass is 218 g/mol. The molecule has 0 N–H and O–H groups in total. The van der Waals surface area contributed by atoms with Crippen LogP contribution in [0.4, 0.5) is 0 Å². The fraction of sp³-hybridized carbons (Fsp3) is 0.357. The second-order valence-electron chi connectivity index (χ2n) is 3.83. The molecule has 0 aliphatic carbocycles. The maximum atomic E-state index is 11.6. The van der Waals surface area contributed by atoms with Crippen molar-refractivity contribution in [2.24, 2.45) is 0 Å². The van der Waals surface area contributed by atoms with Gasteiger partial charge in [0.05, 0.1) is 12.2 Å². The molecule has 0 saturated carbocycles. The zero-order valence-electron chi connectivity index (χ0n) is 9.95. The first-order valence-electron chi connectivity index (χ1n) is 5.54. The molecule has 0 amide bonds. The van der Waals surface area contributed by atoms with E-state index in [2.05, 4.69) is 6.58 Å². The van der Waals surface area contributed by atoms with Crippen LogP contribution in [-0.4, -0.2) is 12.4 Å². The molecule has 0 bridgehead atoms. The van der Waals surface area contributed by atoms with Gasteiger partial charge in [-0.25, -0.2) is 0 Å². The Morgan fingerprint density at radius 2 is 2.06 bits per heavy atom. The molecule has 0 aliphatic rings. The first kappa shape index (κ1) is 12.5. The van der Waals surface area contributed by atoms with Gasteiger partial charge in [0.25, 0.3) is 0 Å². The Kier molecular flexibility index (Phi) is 4.77. The molecule has 86 valence electrons. The SMILES string of the molecule is C=C(C)CCOc1ccccc1C(=O)CC. The standard InChI is InChI=1S/C14H18O2/c1-4-13(15)12-7-5-6-8-14(12)16-10-9-11(2)3/h5-8H,2,4,9-10H2,1,3H3. The van der Waals surface area contributed by atoms with Gasteiger partial charge >= 0.3 is 0 Å². The van der Waals surface area contributed by atoms with Crippen LogP contribution in [0.3, 0.4) is 0 Å². The predicted octanol–water partition coefficient (Wildman–Crippen LogP) is 3.62. The number of Topliss-reactive ketones (excluding diaryl/α,β-unsaturated/α-hetero) is 1. The molecule has 1 aromatic rings. The van der Waals surface area contributed by atoms with E-state index in [1.165, 1.54) is 0 Å². The Morgan fingerprint density at radius 3 is 2.69 bits per heavy atom. The van der Waals surface area contributed by atoms with Crippen LogP contribution in [0.1, 0.15) is 37.0 Å². The highest BCUT2D eigenvalue weighted by molar-refractivity contribution is 5.98. The summed E-state index contributed by atoms with van der Waals surface area (Å²) in [7, 11) is 0. The molecule has 0 aromatic heterocycles. The lowest BCUT2D eigenvalue weighted by Gasteiger charge is -2.09. The second kappa shape index (κ2) is 6.11. The minimum atomic E-state index is 0.117. The Balaban J connectivity index is 2.71. The molecule has 0 fully saturated rings. The van der Waals surface area contributed by atoms with Gasteiger partial charge in [-0.3, -0.25) is 4.79 Å². The fourth-order valence-corrected chi connectivity index (χ4v) is 1.35. The summed E-state index contributed by atoms with van der Waals surface area (Å²) < 4.78 is 5.59. The van der Waals surface area contributed by atoms with Crippen molar-refractivity contribution in [2.75, 3.05) is 6.61 Å². The van der Waals surface area contributed by atoms with Crippen LogP contribution in [0, 0.1) is 0 Å². The molecule has 0 aliphatic heterocycles. The Hall–Kier alpha value is -1.57. The molecule has 0 atom stereocenters. The Labute approximate surface area is 96.9 Å². The summed E-state index contributed by atoms with van der Waals surface area (Å²) in [6.07, 6.45) is 1.31. The van der Waals surface area contributed by atoms with Crippen molar-refractivity contribution < 1.29 is 9.53 Å². The smallest absolute Gasteiger partial charge is 0.166 e. The minimum Gasteiger partial charge on any atom is -0.493 e. The number of ketones is 1. The second-order valence-corrected chi connectivity index (χ2v) is 3.83. The largest absolute Gasteiger partial charge is 0.493 e. The summed E-state index contributed by atoms with van der Waals surface area (Å²) in [6, 6.07) is 7.38. The number of carbonyl (C=O) groups is 1. The number of rotatable bonds is 6. The van der Waals surface area contributed by atoms with Gasteiger partial charge in [0, 0.05) is 12.8 Å². The molecule has 0 radical (unpaired) electrons. The van der Waals surface area contributed by atoms with Crippen molar-refractivity contribution in [3.63, 3.8) is 0 Å². The highest BCUT2D eigenvalue weighted by atomic mass is 16.5. The topological polar surface area (TPSA) is 26.3 Å². The van der Waals surface area contributed by atoms with E-state index in [9.17, 15) is 4.79 Å². The molecular formula is C14H18O2. The van der Waals surface area contributed by atoms with Crippen LogP contribution in [-0.2, 0) is 0 Å². The van der Waals surface area contributed by atoms with E-state index in [0.717, 1.165) is 12.0 Å². The summed E-state index contributed by atoms with van der Waals surface area (Å²) in [4.78, 5) is 11.6. The number of hydrogen-bond donors (Lipinski definition) is 0. The van der Waals surface area contributed by atoms with Gasteiger partial charge in [0.15, 0.2) is 5.78 Å². The van der Waals surface area contributed by atoms with Crippen molar-refractivity contribution >= 4 is 5.78 Å². The summed E-state index contributed by atoms with van der Waals surface area (Å²) in [6.45, 7) is 8.20. The quantitative estimate of drug-likeness (QED) is 0.538. The van der Waals surface area contributed by atoms with E-state index in [1.807, 2.05) is 38.1 Å². The van der Waals surface area contributed by atoms with E-state index in [4.69, 9.17) is 4.74 Å². The van der Waals surface area contributed by atoms with Gasteiger partial charge in [0.1, 0.15) is 5.75 Å². The molecule has 1 rings (SSSR count). The van der Waals surface area contributed by atoms with E-state index in [1.54, 1.807) is 0 Å². The molecule has 2 heteroatoms. The molecule has 2 nitrogen and oxygen atoms in total. The lowest BCUT2D eigenvalue weighted by atomic mass is 10.1. The highest BCUT2D eigenvalue weighted by Crippen LogP contribution is 2.20. The predicted molar refractivity (Wildman–Crippen MR) is 66.0 cm³/mol. The maximum Gasteiger partial charge on any atom is 0.166 e. The molecule has 1 aromatic carbocycles. The maximum absolute atomic E-state index is 11.6. The molecule has 0 saturated heterocycles. The summed E-state index contributed by atoms with van der Waals surface area (Å²) in [5.41, 5.74) is 1.76. The van der Waals surface area contributed by atoms with Crippen molar-refractivity contribution in [1.82, 2.24) is 0 Å². The van der Waals surface area contributed by atoms with Gasteiger partial charge in [0.2, 0.25) is 0 Å². The van der Waals surface area contributed by atoms with E-state index < -0.39 is 0 Å². The third-order valence-electron chi connectivity index (χ3n) is 2.29.